The van der Waals surface area contributed by atoms with Crippen molar-refractivity contribution in [3.63, 3.8) is 0 Å². The fourth-order valence-corrected chi connectivity index (χ4v) is 6.75. The minimum atomic E-state index is -4.26. The van der Waals surface area contributed by atoms with Crippen molar-refractivity contribution in [2.75, 3.05) is 17.9 Å². The van der Waals surface area contributed by atoms with E-state index in [2.05, 4.69) is 5.32 Å². The van der Waals surface area contributed by atoms with E-state index in [0.717, 1.165) is 15.4 Å². The van der Waals surface area contributed by atoms with Crippen LogP contribution < -0.4 is 9.62 Å². The van der Waals surface area contributed by atoms with Crippen molar-refractivity contribution >= 4 is 62.3 Å². The molecule has 0 heterocycles. The molecule has 0 aromatic heterocycles. The summed E-state index contributed by atoms with van der Waals surface area (Å²) in [5.41, 5.74) is 2.35. The molecule has 0 fully saturated rings. The maximum absolute atomic E-state index is 14.3. The number of sulfonamides is 1. The Kier molecular flexibility index (Phi) is 10.7. The van der Waals surface area contributed by atoms with Crippen molar-refractivity contribution in [3.05, 3.63) is 129 Å². The maximum Gasteiger partial charge on any atom is 0.264 e. The van der Waals surface area contributed by atoms with Gasteiger partial charge < -0.3 is 10.2 Å². The minimum absolute atomic E-state index is 0.00903. The summed E-state index contributed by atoms with van der Waals surface area (Å²) in [6.07, 6.45) is 0.175. The van der Waals surface area contributed by atoms with Crippen LogP contribution in [0.15, 0.2) is 102 Å². The van der Waals surface area contributed by atoms with Gasteiger partial charge in [-0.1, -0.05) is 101 Å². The Balaban J connectivity index is 1.81. The van der Waals surface area contributed by atoms with Gasteiger partial charge in [-0.15, -0.1) is 0 Å². The molecule has 0 unspecified atom stereocenters. The molecule has 0 spiro atoms. The van der Waals surface area contributed by atoms with Gasteiger partial charge in [0.15, 0.2) is 0 Å². The van der Waals surface area contributed by atoms with E-state index < -0.39 is 34.4 Å². The number of benzene rings is 4. The van der Waals surface area contributed by atoms with Crippen LogP contribution in [0.2, 0.25) is 15.1 Å². The van der Waals surface area contributed by atoms with E-state index in [1.165, 1.54) is 30.1 Å². The standard InChI is InChI=1S/C32H30Cl3N3O4S/c1-22-12-16-26(17-13-22)43(41,42)38(29-11-7-6-10-27(29)34)21-31(39)37(20-24-14-15-25(33)19-28(24)35)30(32(40)36-2)18-23-8-4-3-5-9-23/h3-17,19,30H,18,20-21H2,1-2H3,(H,36,40)/t30-/m1/s1. The van der Waals surface area contributed by atoms with Crippen LogP contribution in [0.4, 0.5) is 5.69 Å². The second kappa shape index (κ2) is 14.3. The van der Waals surface area contributed by atoms with Crippen molar-refractivity contribution in [2.45, 2.75) is 30.8 Å². The molecule has 4 aromatic rings. The van der Waals surface area contributed by atoms with Crippen molar-refractivity contribution in [1.29, 1.82) is 0 Å². The first-order valence-electron chi connectivity index (χ1n) is 13.3. The molecule has 7 nitrogen and oxygen atoms in total. The van der Waals surface area contributed by atoms with Crippen LogP contribution in [0.3, 0.4) is 0 Å². The highest BCUT2D eigenvalue weighted by atomic mass is 35.5. The second-order valence-electron chi connectivity index (χ2n) is 9.85. The minimum Gasteiger partial charge on any atom is -0.357 e. The van der Waals surface area contributed by atoms with Crippen LogP contribution in [0.5, 0.6) is 0 Å². The number of nitrogens with one attached hydrogen (secondary N) is 1. The Labute approximate surface area is 267 Å². The highest BCUT2D eigenvalue weighted by molar-refractivity contribution is 7.92. The molecule has 1 atom stereocenters. The lowest BCUT2D eigenvalue weighted by molar-refractivity contribution is -0.139. The third-order valence-electron chi connectivity index (χ3n) is 6.88. The Morgan fingerprint density at radius 3 is 2.12 bits per heavy atom. The van der Waals surface area contributed by atoms with Gasteiger partial charge in [0.05, 0.1) is 15.6 Å². The van der Waals surface area contributed by atoms with Gasteiger partial charge in [0, 0.05) is 30.1 Å². The van der Waals surface area contributed by atoms with Crippen LogP contribution in [0, 0.1) is 6.92 Å². The number of rotatable bonds is 11. The van der Waals surface area contributed by atoms with Gasteiger partial charge >= 0.3 is 0 Å². The number of para-hydroxylation sites is 1. The van der Waals surface area contributed by atoms with Gasteiger partial charge in [-0.05, 0) is 54.4 Å². The number of hydrogen-bond acceptors (Lipinski definition) is 4. The summed E-state index contributed by atoms with van der Waals surface area (Å²) in [5.74, 6) is -1.06. The summed E-state index contributed by atoms with van der Waals surface area (Å²) in [4.78, 5) is 29.0. The van der Waals surface area contributed by atoms with Crippen molar-refractivity contribution < 1.29 is 18.0 Å². The molecule has 224 valence electrons. The van der Waals surface area contributed by atoms with Crippen LogP contribution in [-0.2, 0) is 32.6 Å². The average molecular weight is 659 g/mol. The zero-order valence-electron chi connectivity index (χ0n) is 23.5. The molecule has 4 rings (SSSR count). The van der Waals surface area contributed by atoms with Gasteiger partial charge in [-0.2, -0.15) is 0 Å². The molecule has 43 heavy (non-hydrogen) atoms. The highest BCUT2D eigenvalue weighted by Gasteiger charge is 2.35. The summed E-state index contributed by atoms with van der Waals surface area (Å²) >= 11 is 19.1. The Morgan fingerprint density at radius 1 is 0.837 bits per heavy atom. The van der Waals surface area contributed by atoms with Gasteiger partial charge in [0.1, 0.15) is 12.6 Å². The molecular weight excluding hydrogens is 629 g/mol. The van der Waals surface area contributed by atoms with Gasteiger partial charge in [0.2, 0.25) is 11.8 Å². The number of aryl methyl sites for hydroxylation is 1. The Bertz CT molecular complexity index is 1700. The zero-order valence-corrected chi connectivity index (χ0v) is 26.6. The molecule has 0 radical (unpaired) electrons. The predicted octanol–water partition coefficient (Wildman–Crippen LogP) is 6.54. The summed E-state index contributed by atoms with van der Waals surface area (Å²) in [7, 11) is -2.78. The largest absolute Gasteiger partial charge is 0.357 e. The summed E-state index contributed by atoms with van der Waals surface area (Å²) in [6.45, 7) is 1.13. The van der Waals surface area contributed by atoms with Crippen LogP contribution in [-0.4, -0.2) is 44.8 Å². The molecule has 0 aliphatic rings. The first kappa shape index (κ1) is 32.4. The molecule has 0 aliphatic heterocycles. The number of amides is 2. The lowest BCUT2D eigenvalue weighted by atomic mass is 10.0. The summed E-state index contributed by atoms with van der Waals surface area (Å²) in [5, 5.41) is 3.50. The first-order valence-corrected chi connectivity index (χ1v) is 15.9. The van der Waals surface area contributed by atoms with Crippen LogP contribution >= 0.6 is 34.8 Å². The summed E-state index contributed by atoms with van der Waals surface area (Å²) < 4.78 is 29.0. The third kappa shape index (κ3) is 7.89. The van der Waals surface area contributed by atoms with E-state index in [-0.39, 0.29) is 28.6 Å². The van der Waals surface area contributed by atoms with Gasteiger partial charge in [-0.3, -0.25) is 13.9 Å². The van der Waals surface area contributed by atoms with E-state index >= 15 is 0 Å². The van der Waals surface area contributed by atoms with E-state index in [1.807, 2.05) is 37.3 Å². The topological polar surface area (TPSA) is 86.8 Å². The molecule has 1 N–H and O–H groups in total. The molecule has 4 aromatic carbocycles. The van der Waals surface area contributed by atoms with E-state index in [4.69, 9.17) is 34.8 Å². The average Bonchev–Trinajstić information content (AvgIpc) is 2.99. The van der Waals surface area contributed by atoms with Gasteiger partial charge in [-0.25, -0.2) is 8.42 Å². The zero-order chi connectivity index (χ0) is 31.1. The van der Waals surface area contributed by atoms with Crippen molar-refractivity contribution in [2.24, 2.45) is 0 Å². The molecule has 0 aliphatic carbocycles. The molecule has 11 heteroatoms. The Hall–Kier alpha value is -3.56. The molecule has 0 saturated carbocycles. The number of anilines is 1. The third-order valence-corrected chi connectivity index (χ3v) is 9.56. The smallest absolute Gasteiger partial charge is 0.264 e. The van der Waals surface area contributed by atoms with E-state index in [1.54, 1.807) is 48.5 Å². The molecule has 0 bridgehead atoms. The number of hydrogen-bond donors (Lipinski definition) is 1. The fraction of sp³-hybridized carbons (Fsp3) is 0.188. The lowest BCUT2D eigenvalue weighted by Crippen LogP contribution is -2.53. The predicted molar refractivity (Wildman–Crippen MR) is 172 cm³/mol. The van der Waals surface area contributed by atoms with E-state index in [0.29, 0.717) is 15.6 Å². The monoisotopic (exact) mass is 657 g/mol. The van der Waals surface area contributed by atoms with Crippen LogP contribution in [0.1, 0.15) is 16.7 Å². The van der Waals surface area contributed by atoms with E-state index in [9.17, 15) is 18.0 Å². The highest BCUT2D eigenvalue weighted by Crippen LogP contribution is 2.31. The summed E-state index contributed by atoms with van der Waals surface area (Å²) in [6, 6.07) is 25.8. The first-order chi connectivity index (χ1) is 20.5. The SMILES string of the molecule is CNC(=O)[C@@H](Cc1ccccc1)N(Cc1ccc(Cl)cc1Cl)C(=O)CN(c1ccccc1Cl)S(=O)(=O)c1ccc(C)cc1. The quantitative estimate of drug-likeness (QED) is 0.198. The normalized spacial score (nSPS) is 11.9. The number of carbonyl (C=O) groups excluding carboxylic acids is 2. The maximum atomic E-state index is 14.3. The lowest BCUT2D eigenvalue weighted by Gasteiger charge is -2.34. The van der Waals surface area contributed by atoms with Crippen LogP contribution in [0.25, 0.3) is 0 Å². The number of halogens is 3. The molecular formula is C32H30Cl3N3O4S. The van der Waals surface area contributed by atoms with Crippen molar-refractivity contribution in [3.8, 4) is 0 Å². The fourth-order valence-electron chi connectivity index (χ4n) is 4.56. The number of carbonyl (C=O) groups is 2. The Morgan fingerprint density at radius 2 is 1.49 bits per heavy atom. The number of nitrogens with zero attached hydrogens (tertiary/aromatic N) is 2. The van der Waals surface area contributed by atoms with Crippen molar-refractivity contribution in [1.82, 2.24) is 10.2 Å². The number of likely N-dealkylation sites (N-methyl/N-ethyl adjacent to an activating group) is 1. The van der Waals surface area contributed by atoms with Gasteiger partial charge in [0.25, 0.3) is 10.0 Å². The second-order valence-corrected chi connectivity index (χ2v) is 13.0. The molecule has 2 amide bonds. The molecule has 0 saturated heterocycles.